The first kappa shape index (κ1) is 18.2. The molecule has 2 aliphatic rings. The number of carbonyl (C=O) groups is 3. The van der Waals surface area contributed by atoms with E-state index in [0.29, 0.717) is 4.47 Å². The maximum absolute atomic E-state index is 14.1. The summed E-state index contributed by atoms with van der Waals surface area (Å²) in [4.78, 5) is 39.6. The van der Waals surface area contributed by atoms with Crippen molar-refractivity contribution in [1.29, 1.82) is 0 Å². The number of hydrogen-bond donors (Lipinski definition) is 2. The molecule has 0 aromatic heterocycles. The Bertz CT molecular complexity index is 1080. The number of aliphatic hydroxyl groups is 1. The molecule has 1 unspecified atom stereocenters. The summed E-state index contributed by atoms with van der Waals surface area (Å²) in [5.74, 6) is -4.43. The average Bonchev–Trinajstić information content (AvgIpc) is 3.08. The van der Waals surface area contributed by atoms with E-state index >= 15 is 0 Å². The van der Waals surface area contributed by atoms with Gasteiger partial charge in [0, 0.05) is 21.4 Å². The van der Waals surface area contributed by atoms with Crippen LogP contribution in [0.4, 0.5) is 15.8 Å². The van der Waals surface area contributed by atoms with Crippen LogP contribution in [0.25, 0.3) is 0 Å². The molecule has 1 spiro atoms. The minimum Gasteiger partial charge on any atom is -0.503 e. The highest BCUT2D eigenvalue weighted by Crippen LogP contribution is 2.52. The summed E-state index contributed by atoms with van der Waals surface area (Å²) >= 11 is 3.28. The van der Waals surface area contributed by atoms with Crippen molar-refractivity contribution in [3.05, 3.63) is 69.7 Å². The molecule has 7 nitrogen and oxygen atoms in total. The van der Waals surface area contributed by atoms with Crippen LogP contribution in [-0.4, -0.2) is 30.0 Å². The Morgan fingerprint density at radius 2 is 1.89 bits per heavy atom. The Morgan fingerprint density at radius 3 is 2.54 bits per heavy atom. The third kappa shape index (κ3) is 2.22. The standard InChI is InChI=1S/C19H12BrFN2O5/c1-28-17(26)14-15(24)16(25)23(11-5-2-9(20)3-6-11)19(14)12-8-10(21)4-7-13(12)22-18(19)27/h2-8,24H,1H3,(H,22,27). The summed E-state index contributed by atoms with van der Waals surface area (Å²) in [5, 5.41) is 13.0. The molecule has 2 N–H and O–H groups in total. The quantitative estimate of drug-likeness (QED) is 0.691. The lowest BCUT2D eigenvalue weighted by Gasteiger charge is -2.34. The number of anilines is 2. The van der Waals surface area contributed by atoms with E-state index in [9.17, 15) is 23.9 Å². The molecule has 2 aromatic rings. The van der Waals surface area contributed by atoms with Gasteiger partial charge in [0.2, 0.25) is 0 Å². The summed E-state index contributed by atoms with van der Waals surface area (Å²) in [7, 11) is 1.06. The van der Waals surface area contributed by atoms with Gasteiger partial charge in [-0.2, -0.15) is 0 Å². The van der Waals surface area contributed by atoms with Gasteiger partial charge in [0.05, 0.1) is 7.11 Å². The molecule has 0 radical (unpaired) electrons. The van der Waals surface area contributed by atoms with Gasteiger partial charge in [0.25, 0.3) is 11.8 Å². The topological polar surface area (TPSA) is 95.9 Å². The van der Waals surface area contributed by atoms with Crippen molar-refractivity contribution >= 4 is 45.1 Å². The predicted octanol–water partition coefficient (Wildman–Crippen LogP) is 2.77. The van der Waals surface area contributed by atoms with Crippen molar-refractivity contribution in [2.45, 2.75) is 5.54 Å². The number of nitrogens with one attached hydrogen (secondary N) is 1. The van der Waals surface area contributed by atoms with Crippen molar-refractivity contribution in [1.82, 2.24) is 0 Å². The number of halogens is 2. The molecular formula is C19H12BrFN2O5. The number of aliphatic hydroxyl groups excluding tert-OH is 1. The number of fused-ring (bicyclic) bond motifs is 2. The van der Waals surface area contributed by atoms with Gasteiger partial charge >= 0.3 is 5.97 Å². The van der Waals surface area contributed by atoms with E-state index in [-0.39, 0.29) is 16.9 Å². The van der Waals surface area contributed by atoms with Crippen molar-refractivity contribution in [2.24, 2.45) is 0 Å². The lowest BCUT2D eigenvalue weighted by Crippen LogP contribution is -2.52. The molecule has 0 aliphatic carbocycles. The number of carbonyl (C=O) groups excluding carboxylic acids is 3. The molecular weight excluding hydrogens is 435 g/mol. The Balaban J connectivity index is 2.08. The van der Waals surface area contributed by atoms with E-state index in [4.69, 9.17) is 4.74 Å². The number of benzene rings is 2. The first-order valence-corrected chi connectivity index (χ1v) is 8.85. The highest BCUT2D eigenvalue weighted by atomic mass is 79.9. The number of esters is 1. The van der Waals surface area contributed by atoms with Crippen molar-refractivity contribution in [3.63, 3.8) is 0 Å². The summed E-state index contributed by atoms with van der Waals surface area (Å²) < 4.78 is 19.5. The average molecular weight is 447 g/mol. The lowest BCUT2D eigenvalue weighted by molar-refractivity contribution is -0.138. The van der Waals surface area contributed by atoms with Gasteiger partial charge in [-0.05, 0) is 42.5 Å². The third-order valence-corrected chi connectivity index (χ3v) is 5.29. The van der Waals surface area contributed by atoms with Gasteiger partial charge in [-0.25, -0.2) is 9.18 Å². The van der Waals surface area contributed by atoms with E-state index in [1.54, 1.807) is 12.1 Å². The highest BCUT2D eigenvalue weighted by molar-refractivity contribution is 9.10. The van der Waals surface area contributed by atoms with Crippen LogP contribution in [0.15, 0.2) is 58.3 Å². The fourth-order valence-electron chi connectivity index (χ4n) is 3.63. The van der Waals surface area contributed by atoms with Crippen LogP contribution >= 0.6 is 15.9 Å². The zero-order chi connectivity index (χ0) is 20.2. The predicted molar refractivity (Wildman–Crippen MR) is 100 cm³/mol. The van der Waals surface area contributed by atoms with Gasteiger partial charge in [-0.15, -0.1) is 0 Å². The molecule has 0 fully saturated rings. The molecule has 2 amide bonds. The van der Waals surface area contributed by atoms with Crippen LogP contribution in [0, 0.1) is 5.82 Å². The SMILES string of the molecule is COC(=O)C1=C(O)C(=O)N(c2ccc(Br)cc2)C12C(=O)Nc1ccc(F)cc12. The van der Waals surface area contributed by atoms with E-state index in [1.807, 2.05) is 0 Å². The maximum Gasteiger partial charge on any atom is 0.341 e. The summed E-state index contributed by atoms with van der Waals surface area (Å²) in [6, 6.07) is 9.83. The first-order chi connectivity index (χ1) is 13.3. The van der Waals surface area contributed by atoms with Crippen LogP contribution in [-0.2, 0) is 24.7 Å². The number of ether oxygens (including phenoxy) is 1. The second-order valence-corrected chi connectivity index (χ2v) is 7.10. The second kappa shape index (κ2) is 6.16. The monoisotopic (exact) mass is 446 g/mol. The third-order valence-electron chi connectivity index (χ3n) is 4.76. The molecule has 0 saturated carbocycles. The number of rotatable bonds is 2. The Kier molecular flexibility index (Phi) is 4.00. The van der Waals surface area contributed by atoms with Crippen LogP contribution in [0.2, 0.25) is 0 Å². The molecule has 0 saturated heterocycles. The fraction of sp³-hybridized carbons (Fsp3) is 0.105. The van der Waals surface area contributed by atoms with Gasteiger partial charge in [-0.1, -0.05) is 15.9 Å². The minimum atomic E-state index is -2.10. The summed E-state index contributed by atoms with van der Waals surface area (Å²) in [6.45, 7) is 0. The van der Waals surface area contributed by atoms with Gasteiger partial charge in [0.1, 0.15) is 11.4 Å². The largest absolute Gasteiger partial charge is 0.503 e. The molecule has 2 aromatic carbocycles. The van der Waals surface area contributed by atoms with E-state index in [2.05, 4.69) is 21.2 Å². The fourth-order valence-corrected chi connectivity index (χ4v) is 3.89. The smallest absolute Gasteiger partial charge is 0.341 e. The number of nitrogens with zero attached hydrogens (tertiary/aromatic N) is 1. The number of amides is 2. The first-order valence-electron chi connectivity index (χ1n) is 8.06. The molecule has 142 valence electrons. The lowest BCUT2D eigenvalue weighted by atomic mass is 9.83. The van der Waals surface area contributed by atoms with Gasteiger partial charge in [0.15, 0.2) is 11.3 Å². The molecule has 0 bridgehead atoms. The van der Waals surface area contributed by atoms with E-state index in [0.717, 1.165) is 24.1 Å². The Labute approximate surface area is 166 Å². The van der Waals surface area contributed by atoms with Gasteiger partial charge in [-0.3, -0.25) is 14.5 Å². The van der Waals surface area contributed by atoms with E-state index in [1.165, 1.54) is 18.2 Å². The number of hydrogen-bond acceptors (Lipinski definition) is 5. The van der Waals surface area contributed by atoms with Crippen LogP contribution < -0.4 is 10.2 Å². The maximum atomic E-state index is 14.1. The molecule has 4 rings (SSSR count). The molecule has 1 atom stereocenters. The minimum absolute atomic E-state index is 0.0261. The normalized spacial score (nSPS) is 20.6. The Morgan fingerprint density at radius 1 is 1.21 bits per heavy atom. The molecule has 2 aliphatic heterocycles. The van der Waals surface area contributed by atoms with E-state index < -0.39 is 40.5 Å². The van der Waals surface area contributed by atoms with Crippen molar-refractivity contribution in [2.75, 3.05) is 17.3 Å². The van der Waals surface area contributed by atoms with Crippen LogP contribution in [0.3, 0.4) is 0 Å². The summed E-state index contributed by atoms with van der Waals surface area (Å²) in [6.07, 6.45) is 0. The second-order valence-electron chi connectivity index (χ2n) is 6.19. The van der Waals surface area contributed by atoms with Crippen LogP contribution in [0.1, 0.15) is 5.56 Å². The highest BCUT2D eigenvalue weighted by Gasteiger charge is 2.65. The number of methoxy groups -OCH3 is 1. The van der Waals surface area contributed by atoms with Crippen LogP contribution in [0.5, 0.6) is 0 Å². The Hall–Kier alpha value is -3.20. The van der Waals surface area contributed by atoms with Crippen molar-refractivity contribution in [3.8, 4) is 0 Å². The summed E-state index contributed by atoms with van der Waals surface area (Å²) in [5.41, 5.74) is -2.19. The van der Waals surface area contributed by atoms with Crippen molar-refractivity contribution < 1.29 is 28.6 Å². The zero-order valence-electron chi connectivity index (χ0n) is 14.3. The molecule has 9 heteroatoms. The molecule has 28 heavy (non-hydrogen) atoms. The van der Waals surface area contributed by atoms with Gasteiger partial charge < -0.3 is 15.2 Å². The molecule has 2 heterocycles. The zero-order valence-corrected chi connectivity index (χ0v) is 15.9.